The Morgan fingerprint density at radius 1 is 1.19 bits per heavy atom. The molecule has 1 aromatic carbocycles. The van der Waals surface area contributed by atoms with Crippen LogP contribution in [-0.2, 0) is 10.3 Å². The van der Waals surface area contributed by atoms with E-state index in [9.17, 15) is 13.6 Å². The van der Waals surface area contributed by atoms with Gasteiger partial charge in [-0.05, 0) is 25.0 Å². The van der Waals surface area contributed by atoms with Crippen LogP contribution >= 0.6 is 12.4 Å². The lowest BCUT2D eigenvalue weighted by molar-refractivity contribution is -0.117. The summed E-state index contributed by atoms with van der Waals surface area (Å²) >= 11 is 0. The number of carbonyl (C=O) groups excluding carboxylic acids is 1. The number of nitrogens with two attached hydrogens (primary N) is 1. The van der Waals surface area contributed by atoms with Crippen LogP contribution in [0.15, 0.2) is 22.7 Å². The zero-order valence-corrected chi connectivity index (χ0v) is 14.8. The average molecular weight is 385 g/mol. The normalized spacial score (nSPS) is 21.9. The minimum absolute atomic E-state index is 0. The second-order valence-corrected chi connectivity index (χ2v) is 6.85. The standard InChI is InChI=1S/C17H18F2N4O2.ClH/c18-11-6-12(19)8-13(7-11)23-9-10(5-14(23)24)15-21-16(22-25-15)17(20)3-1-2-4-17;/h6-8,10H,1-5,9,20H2;1H. The van der Waals surface area contributed by atoms with Gasteiger partial charge in [0.2, 0.25) is 11.8 Å². The smallest absolute Gasteiger partial charge is 0.232 e. The lowest BCUT2D eigenvalue weighted by Gasteiger charge is -2.18. The van der Waals surface area contributed by atoms with E-state index >= 15 is 0 Å². The van der Waals surface area contributed by atoms with Gasteiger partial charge in [0.15, 0.2) is 5.82 Å². The molecule has 1 saturated carbocycles. The third kappa shape index (κ3) is 3.31. The summed E-state index contributed by atoms with van der Waals surface area (Å²) in [6, 6.07) is 3.04. The predicted octanol–water partition coefficient (Wildman–Crippen LogP) is 3.02. The van der Waals surface area contributed by atoms with Gasteiger partial charge in [0, 0.05) is 24.7 Å². The van der Waals surface area contributed by atoms with Crippen molar-refractivity contribution in [2.24, 2.45) is 5.73 Å². The van der Waals surface area contributed by atoms with Gasteiger partial charge in [-0.25, -0.2) is 8.78 Å². The summed E-state index contributed by atoms with van der Waals surface area (Å²) in [6.45, 7) is 0.237. The van der Waals surface area contributed by atoms with Crippen LogP contribution in [0.25, 0.3) is 0 Å². The number of nitrogens with zero attached hydrogens (tertiary/aromatic N) is 3. The molecule has 6 nitrogen and oxygen atoms in total. The number of rotatable bonds is 3. The van der Waals surface area contributed by atoms with Gasteiger partial charge in [-0.15, -0.1) is 12.4 Å². The molecule has 2 fully saturated rings. The Morgan fingerprint density at radius 3 is 2.50 bits per heavy atom. The van der Waals surface area contributed by atoms with E-state index in [0.29, 0.717) is 11.7 Å². The minimum Gasteiger partial charge on any atom is -0.339 e. The molecule has 2 heterocycles. The summed E-state index contributed by atoms with van der Waals surface area (Å²) in [6.07, 6.45) is 3.83. The molecule has 0 spiro atoms. The van der Waals surface area contributed by atoms with Crippen molar-refractivity contribution in [1.82, 2.24) is 10.1 Å². The Bertz CT molecular complexity index is 803. The number of hydrogen-bond donors (Lipinski definition) is 1. The van der Waals surface area contributed by atoms with Crippen molar-refractivity contribution in [3.63, 3.8) is 0 Å². The van der Waals surface area contributed by atoms with E-state index in [-0.39, 0.29) is 42.9 Å². The van der Waals surface area contributed by atoms with Gasteiger partial charge < -0.3 is 15.2 Å². The largest absolute Gasteiger partial charge is 0.339 e. The van der Waals surface area contributed by atoms with Crippen LogP contribution in [0.5, 0.6) is 0 Å². The molecule has 2 N–H and O–H groups in total. The lowest BCUT2D eigenvalue weighted by Crippen LogP contribution is -2.34. The van der Waals surface area contributed by atoms with Gasteiger partial charge in [0.1, 0.15) is 11.6 Å². The zero-order valence-electron chi connectivity index (χ0n) is 14.0. The predicted molar refractivity (Wildman–Crippen MR) is 91.9 cm³/mol. The number of hydrogen-bond acceptors (Lipinski definition) is 5. The van der Waals surface area contributed by atoms with Gasteiger partial charge in [-0.3, -0.25) is 4.79 Å². The van der Waals surface area contributed by atoms with Crippen molar-refractivity contribution in [2.75, 3.05) is 11.4 Å². The number of aromatic nitrogens is 2. The van der Waals surface area contributed by atoms with Crippen molar-refractivity contribution in [3.8, 4) is 0 Å². The molecule has 2 aromatic rings. The first kappa shape index (κ1) is 18.7. The van der Waals surface area contributed by atoms with E-state index < -0.39 is 17.2 Å². The van der Waals surface area contributed by atoms with Gasteiger partial charge in [0.05, 0.1) is 11.5 Å². The number of amides is 1. The molecule has 140 valence electrons. The van der Waals surface area contributed by atoms with E-state index in [2.05, 4.69) is 10.1 Å². The Morgan fingerprint density at radius 2 is 1.85 bits per heavy atom. The molecule has 1 saturated heterocycles. The summed E-state index contributed by atoms with van der Waals surface area (Å²) in [7, 11) is 0. The van der Waals surface area contributed by atoms with E-state index in [1.165, 1.54) is 4.90 Å². The van der Waals surface area contributed by atoms with E-state index in [1.807, 2.05) is 0 Å². The SMILES string of the molecule is Cl.NC1(c2noc(C3CC(=O)N(c4cc(F)cc(F)c4)C3)n2)CCCC1. The van der Waals surface area contributed by atoms with Crippen LogP contribution in [0.3, 0.4) is 0 Å². The van der Waals surface area contributed by atoms with Crippen LogP contribution in [-0.4, -0.2) is 22.6 Å². The van der Waals surface area contributed by atoms with Crippen molar-refractivity contribution < 1.29 is 18.1 Å². The van der Waals surface area contributed by atoms with Crippen molar-refractivity contribution in [2.45, 2.75) is 43.6 Å². The van der Waals surface area contributed by atoms with Crippen molar-refractivity contribution >= 4 is 24.0 Å². The summed E-state index contributed by atoms with van der Waals surface area (Å²) < 4.78 is 32.2. The van der Waals surface area contributed by atoms with Crippen LogP contribution in [0.4, 0.5) is 14.5 Å². The minimum atomic E-state index is -0.724. The molecular formula is C17H19ClF2N4O2. The fraction of sp³-hybridized carbons (Fsp3) is 0.471. The molecule has 4 rings (SSSR count). The molecule has 1 aliphatic heterocycles. The number of anilines is 1. The molecular weight excluding hydrogens is 366 g/mol. The highest BCUT2D eigenvalue weighted by Crippen LogP contribution is 2.37. The Balaban J connectivity index is 0.00000196. The third-order valence-corrected chi connectivity index (χ3v) is 5.02. The van der Waals surface area contributed by atoms with E-state index in [4.69, 9.17) is 10.3 Å². The van der Waals surface area contributed by atoms with Crippen LogP contribution < -0.4 is 10.6 Å². The summed E-state index contributed by atoms with van der Waals surface area (Å²) in [5.41, 5.74) is 5.96. The molecule has 2 aliphatic rings. The van der Waals surface area contributed by atoms with Crippen LogP contribution in [0.2, 0.25) is 0 Å². The highest BCUT2D eigenvalue weighted by atomic mass is 35.5. The fourth-order valence-electron chi connectivity index (χ4n) is 3.65. The van der Waals surface area contributed by atoms with E-state index in [0.717, 1.165) is 43.9 Å². The summed E-state index contributed by atoms with van der Waals surface area (Å²) in [5.74, 6) is -1.18. The highest BCUT2D eigenvalue weighted by Gasteiger charge is 2.39. The lowest BCUT2D eigenvalue weighted by atomic mass is 9.98. The fourth-order valence-corrected chi connectivity index (χ4v) is 3.65. The molecule has 26 heavy (non-hydrogen) atoms. The summed E-state index contributed by atoms with van der Waals surface area (Å²) in [5, 5.41) is 4.00. The Hall–Kier alpha value is -2.06. The third-order valence-electron chi connectivity index (χ3n) is 5.02. The number of carbonyl (C=O) groups is 1. The maximum absolute atomic E-state index is 13.4. The molecule has 0 radical (unpaired) electrons. The topological polar surface area (TPSA) is 85.2 Å². The average Bonchev–Trinajstić information content (AvgIpc) is 3.25. The molecule has 9 heteroatoms. The number of benzene rings is 1. The first-order valence-electron chi connectivity index (χ1n) is 8.34. The second-order valence-electron chi connectivity index (χ2n) is 6.85. The van der Waals surface area contributed by atoms with E-state index in [1.54, 1.807) is 0 Å². The Labute approximate surface area is 155 Å². The zero-order chi connectivity index (χ0) is 17.6. The first-order valence-corrected chi connectivity index (χ1v) is 8.34. The second kappa shape index (κ2) is 6.92. The quantitative estimate of drug-likeness (QED) is 0.879. The van der Waals surface area contributed by atoms with Gasteiger partial charge in [0.25, 0.3) is 0 Å². The molecule has 1 unspecified atom stereocenters. The van der Waals surface area contributed by atoms with Crippen molar-refractivity contribution in [1.29, 1.82) is 0 Å². The molecule has 1 amide bonds. The molecule has 1 aliphatic carbocycles. The van der Waals surface area contributed by atoms with Crippen LogP contribution in [0, 0.1) is 11.6 Å². The molecule has 0 bridgehead atoms. The van der Waals surface area contributed by atoms with Gasteiger partial charge in [-0.1, -0.05) is 18.0 Å². The van der Waals surface area contributed by atoms with Gasteiger partial charge >= 0.3 is 0 Å². The summed E-state index contributed by atoms with van der Waals surface area (Å²) in [4.78, 5) is 18.0. The first-order chi connectivity index (χ1) is 11.9. The maximum atomic E-state index is 13.4. The van der Waals surface area contributed by atoms with Crippen LogP contribution in [0.1, 0.15) is 49.7 Å². The molecule has 1 aromatic heterocycles. The highest BCUT2D eigenvalue weighted by molar-refractivity contribution is 5.96. The molecule has 1 atom stereocenters. The maximum Gasteiger partial charge on any atom is 0.232 e. The Kier molecular flexibility index (Phi) is 4.98. The monoisotopic (exact) mass is 384 g/mol. The van der Waals surface area contributed by atoms with Crippen molar-refractivity contribution in [3.05, 3.63) is 41.5 Å². The number of halogens is 3. The van der Waals surface area contributed by atoms with Gasteiger partial charge in [-0.2, -0.15) is 4.98 Å².